The first kappa shape index (κ1) is 20.5. The monoisotopic (exact) mass is 397 g/mol. The van der Waals surface area contributed by atoms with Gasteiger partial charge in [0, 0.05) is 36.2 Å². The van der Waals surface area contributed by atoms with E-state index in [1.54, 1.807) is 13.0 Å². The molecule has 0 fully saturated rings. The predicted octanol–water partition coefficient (Wildman–Crippen LogP) is 5.71. The van der Waals surface area contributed by atoms with Gasteiger partial charge in [0.05, 0.1) is 0 Å². The molecule has 1 aromatic heterocycles. The third-order valence-electron chi connectivity index (χ3n) is 4.66. The van der Waals surface area contributed by atoms with Gasteiger partial charge in [-0.2, -0.15) is 4.98 Å². The number of hydrogen-bond donors (Lipinski definition) is 2. The van der Waals surface area contributed by atoms with Crippen LogP contribution in [0.3, 0.4) is 0 Å². The molecule has 0 radical (unpaired) electrons. The Kier molecular flexibility index (Phi) is 6.26. The van der Waals surface area contributed by atoms with E-state index in [1.807, 2.05) is 19.1 Å². The van der Waals surface area contributed by atoms with Crippen molar-refractivity contribution < 1.29 is 8.78 Å². The molecule has 3 rings (SSSR count). The Morgan fingerprint density at radius 1 is 0.897 bits per heavy atom. The lowest BCUT2D eigenvalue weighted by Gasteiger charge is -2.22. The lowest BCUT2D eigenvalue weighted by Crippen LogP contribution is -2.21. The van der Waals surface area contributed by atoms with Crippen molar-refractivity contribution in [2.24, 2.45) is 0 Å². The fourth-order valence-electron chi connectivity index (χ4n) is 3.13. The highest BCUT2D eigenvalue weighted by atomic mass is 19.1. The lowest BCUT2D eigenvalue weighted by molar-refractivity contribution is 0.590. The second-order valence-corrected chi connectivity index (χ2v) is 6.74. The molecule has 152 valence electrons. The first-order valence-corrected chi connectivity index (χ1v) is 9.60. The van der Waals surface area contributed by atoms with Crippen LogP contribution in [0.2, 0.25) is 0 Å². The number of nitrogens with zero attached hydrogens (tertiary/aromatic N) is 3. The van der Waals surface area contributed by atoms with Crippen LogP contribution in [-0.4, -0.2) is 23.1 Å². The zero-order valence-electron chi connectivity index (χ0n) is 17.1. The molecule has 0 atom stereocenters. The van der Waals surface area contributed by atoms with E-state index in [4.69, 9.17) is 0 Å². The standard InChI is InChI=1S/C22H25F2N5/c1-5-29(6-2)16-10-11-19(14(3)12-16)26-22-25-15(4)13-20(28-22)27-21-17(23)8-7-9-18(21)24/h7-13H,5-6H2,1-4H3,(H2,25,26,27,28). The molecule has 0 saturated heterocycles. The Balaban J connectivity index is 1.85. The molecule has 0 aliphatic rings. The molecule has 0 aliphatic heterocycles. The van der Waals surface area contributed by atoms with Crippen LogP contribution in [0.1, 0.15) is 25.1 Å². The normalized spacial score (nSPS) is 10.7. The fraction of sp³-hybridized carbons (Fsp3) is 0.273. The van der Waals surface area contributed by atoms with Crippen LogP contribution < -0.4 is 15.5 Å². The average Bonchev–Trinajstić information content (AvgIpc) is 2.67. The number of aromatic nitrogens is 2. The second kappa shape index (κ2) is 8.86. The molecule has 0 amide bonds. The maximum atomic E-state index is 13.9. The molecule has 2 N–H and O–H groups in total. The fourth-order valence-corrected chi connectivity index (χ4v) is 3.13. The van der Waals surface area contributed by atoms with Gasteiger partial charge >= 0.3 is 0 Å². The van der Waals surface area contributed by atoms with Crippen LogP contribution in [0.5, 0.6) is 0 Å². The maximum absolute atomic E-state index is 13.9. The molecule has 7 heteroatoms. The highest BCUT2D eigenvalue weighted by Gasteiger charge is 2.12. The third-order valence-corrected chi connectivity index (χ3v) is 4.66. The Bertz CT molecular complexity index is 982. The number of halogens is 2. The van der Waals surface area contributed by atoms with E-state index in [0.717, 1.165) is 30.0 Å². The summed E-state index contributed by atoms with van der Waals surface area (Å²) in [5, 5.41) is 5.92. The van der Waals surface area contributed by atoms with Gasteiger partial charge in [0.1, 0.15) is 23.1 Å². The summed E-state index contributed by atoms with van der Waals surface area (Å²) in [6.45, 7) is 9.93. The smallest absolute Gasteiger partial charge is 0.229 e. The first-order chi connectivity index (χ1) is 13.9. The van der Waals surface area contributed by atoms with Crippen molar-refractivity contribution in [3.05, 3.63) is 65.4 Å². The minimum absolute atomic E-state index is 0.240. The van der Waals surface area contributed by atoms with Crippen molar-refractivity contribution in [1.82, 2.24) is 9.97 Å². The summed E-state index contributed by atoms with van der Waals surface area (Å²) in [5.41, 5.74) is 3.50. The molecule has 1 heterocycles. The van der Waals surface area contributed by atoms with Gasteiger partial charge in [-0.1, -0.05) is 6.07 Å². The number of rotatable bonds is 7. The van der Waals surface area contributed by atoms with Crippen LogP contribution >= 0.6 is 0 Å². The van der Waals surface area contributed by atoms with Gasteiger partial charge in [-0.15, -0.1) is 0 Å². The van der Waals surface area contributed by atoms with Gasteiger partial charge < -0.3 is 15.5 Å². The van der Waals surface area contributed by atoms with E-state index in [0.29, 0.717) is 17.5 Å². The zero-order valence-corrected chi connectivity index (χ0v) is 17.1. The molecule has 3 aromatic rings. The van der Waals surface area contributed by atoms with Gasteiger partial charge in [-0.25, -0.2) is 13.8 Å². The molecule has 2 aromatic carbocycles. The first-order valence-electron chi connectivity index (χ1n) is 9.60. The van der Waals surface area contributed by atoms with Crippen molar-refractivity contribution >= 4 is 28.8 Å². The zero-order chi connectivity index (χ0) is 21.0. The summed E-state index contributed by atoms with van der Waals surface area (Å²) in [7, 11) is 0. The summed E-state index contributed by atoms with van der Waals surface area (Å²) in [4.78, 5) is 11.0. The number of nitrogens with one attached hydrogen (secondary N) is 2. The van der Waals surface area contributed by atoms with Crippen LogP contribution in [0, 0.1) is 25.5 Å². The van der Waals surface area contributed by atoms with Crippen LogP contribution in [0.15, 0.2) is 42.5 Å². The molecule has 0 spiro atoms. The number of para-hydroxylation sites is 1. The second-order valence-electron chi connectivity index (χ2n) is 6.74. The van der Waals surface area contributed by atoms with Gasteiger partial charge in [0.25, 0.3) is 0 Å². The molecule has 5 nitrogen and oxygen atoms in total. The molecular formula is C22H25F2N5. The van der Waals surface area contributed by atoms with Crippen LogP contribution in [-0.2, 0) is 0 Å². The predicted molar refractivity (Wildman–Crippen MR) is 114 cm³/mol. The van der Waals surface area contributed by atoms with E-state index in [-0.39, 0.29) is 5.69 Å². The van der Waals surface area contributed by atoms with Crippen molar-refractivity contribution in [2.75, 3.05) is 28.6 Å². The summed E-state index contributed by atoms with van der Waals surface area (Å²) >= 11 is 0. The van der Waals surface area contributed by atoms with Gasteiger partial charge in [-0.05, 0) is 63.6 Å². The van der Waals surface area contributed by atoms with Crippen molar-refractivity contribution in [2.45, 2.75) is 27.7 Å². The SMILES string of the molecule is CCN(CC)c1ccc(Nc2nc(C)cc(Nc3c(F)cccc3F)n2)c(C)c1. The van der Waals surface area contributed by atoms with E-state index >= 15 is 0 Å². The summed E-state index contributed by atoms with van der Waals surface area (Å²) in [6, 6.07) is 11.5. The van der Waals surface area contributed by atoms with Crippen molar-refractivity contribution in [3.8, 4) is 0 Å². The third kappa shape index (κ3) is 4.80. The van der Waals surface area contributed by atoms with Crippen LogP contribution in [0.4, 0.5) is 37.6 Å². The Labute approximate surface area is 169 Å². The molecule has 0 bridgehead atoms. The number of hydrogen-bond acceptors (Lipinski definition) is 5. The van der Waals surface area contributed by atoms with E-state index < -0.39 is 11.6 Å². The van der Waals surface area contributed by atoms with Gasteiger partial charge in [0.2, 0.25) is 5.95 Å². The minimum Gasteiger partial charge on any atom is -0.372 e. The van der Waals surface area contributed by atoms with Crippen LogP contribution in [0.25, 0.3) is 0 Å². The van der Waals surface area contributed by atoms with Crippen molar-refractivity contribution in [1.29, 1.82) is 0 Å². The number of anilines is 5. The molecular weight excluding hydrogens is 372 g/mol. The quantitative estimate of drug-likeness (QED) is 0.535. The van der Waals surface area contributed by atoms with Crippen molar-refractivity contribution in [3.63, 3.8) is 0 Å². The molecule has 0 saturated carbocycles. The lowest BCUT2D eigenvalue weighted by atomic mass is 10.1. The van der Waals surface area contributed by atoms with Gasteiger partial charge in [-0.3, -0.25) is 0 Å². The Hall–Kier alpha value is -3.22. The Morgan fingerprint density at radius 2 is 1.59 bits per heavy atom. The highest BCUT2D eigenvalue weighted by molar-refractivity contribution is 5.66. The summed E-state index contributed by atoms with van der Waals surface area (Å²) < 4.78 is 27.9. The van der Waals surface area contributed by atoms with E-state index in [9.17, 15) is 8.78 Å². The largest absolute Gasteiger partial charge is 0.372 e. The summed E-state index contributed by atoms with van der Waals surface area (Å²) in [6.07, 6.45) is 0. The molecule has 29 heavy (non-hydrogen) atoms. The maximum Gasteiger partial charge on any atom is 0.229 e. The highest BCUT2D eigenvalue weighted by Crippen LogP contribution is 2.26. The average molecular weight is 397 g/mol. The number of benzene rings is 2. The number of aryl methyl sites for hydroxylation is 2. The molecule has 0 unspecified atom stereocenters. The topological polar surface area (TPSA) is 53.1 Å². The van der Waals surface area contributed by atoms with Gasteiger partial charge in [0.15, 0.2) is 0 Å². The van der Waals surface area contributed by atoms with E-state index in [1.165, 1.54) is 18.2 Å². The summed E-state index contributed by atoms with van der Waals surface area (Å²) in [5.74, 6) is -0.707. The minimum atomic E-state index is -0.682. The Morgan fingerprint density at radius 3 is 2.21 bits per heavy atom. The molecule has 0 aliphatic carbocycles. The van der Waals surface area contributed by atoms with E-state index in [2.05, 4.69) is 45.4 Å².